The minimum atomic E-state index is -1.13. The van der Waals surface area contributed by atoms with Gasteiger partial charge >= 0.3 is 5.97 Å². The zero-order valence-electron chi connectivity index (χ0n) is 16.3. The van der Waals surface area contributed by atoms with Crippen LogP contribution in [-0.4, -0.2) is 49.7 Å². The molecule has 2 rings (SSSR count). The molecular weight excluding hydrogens is 376 g/mol. The van der Waals surface area contributed by atoms with Crippen LogP contribution in [0.1, 0.15) is 33.6 Å². The Labute approximate surface area is 168 Å². The number of hydrogen-bond acceptors (Lipinski definition) is 5. The van der Waals surface area contributed by atoms with E-state index < -0.39 is 17.9 Å². The first-order valence-corrected chi connectivity index (χ1v) is 9.04. The van der Waals surface area contributed by atoms with E-state index >= 15 is 0 Å². The number of carboxylic acid groups (broad SMARTS) is 1. The number of carboxylic acids is 1. The summed E-state index contributed by atoms with van der Waals surface area (Å²) < 4.78 is 10.1. The molecule has 0 bridgehead atoms. The van der Waals surface area contributed by atoms with Gasteiger partial charge in [0.05, 0.1) is 14.2 Å². The molecule has 0 unspecified atom stereocenters. The number of carbonyl (C=O) groups excluding carboxylic acids is 2. The first-order valence-electron chi connectivity index (χ1n) is 9.04. The molecule has 2 aromatic rings. The van der Waals surface area contributed by atoms with E-state index in [-0.39, 0.29) is 18.9 Å². The Morgan fingerprint density at radius 3 is 1.79 bits per heavy atom. The lowest BCUT2D eigenvalue weighted by atomic mass is 10.1. The van der Waals surface area contributed by atoms with Gasteiger partial charge in [0.25, 0.3) is 11.8 Å². The highest BCUT2D eigenvalue weighted by Crippen LogP contribution is 2.12. The molecule has 2 aromatic carbocycles. The van der Waals surface area contributed by atoms with Crippen molar-refractivity contribution in [3.05, 3.63) is 59.7 Å². The fourth-order valence-corrected chi connectivity index (χ4v) is 2.59. The fourth-order valence-electron chi connectivity index (χ4n) is 2.59. The van der Waals surface area contributed by atoms with Crippen molar-refractivity contribution < 1.29 is 29.0 Å². The van der Waals surface area contributed by atoms with Crippen LogP contribution < -0.4 is 20.1 Å². The van der Waals surface area contributed by atoms with E-state index in [0.29, 0.717) is 29.0 Å². The summed E-state index contributed by atoms with van der Waals surface area (Å²) in [7, 11) is 3.06. The van der Waals surface area contributed by atoms with Crippen LogP contribution in [0.2, 0.25) is 0 Å². The minimum absolute atomic E-state index is 0.181. The highest BCUT2D eigenvalue weighted by Gasteiger charge is 2.20. The molecule has 8 nitrogen and oxygen atoms in total. The van der Waals surface area contributed by atoms with Crippen LogP contribution in [0.3, 0.4) is 0 Å². The summed E-state index contributed by atoms with van der Waals surface area (Å²) in [4.78, 5) is 35.8. The van der Waals surface area contributed by atoms with Crippen LogP contribution in [0.4, 0.5) is 0 Å². The predicted octanol–water partition coefficient (Wildman–Crippen LogP) is 2.10. The molecule has 0 aliphatic rings. The number of benzene rings is 2. The molecular formula is C21H24N2O6. The van der Waals surface area contributed by atoms with Crippen LogP contribution in [0.15, 0.2) is 48.5 Å². The van der Waals surface area contributed by atoms with Crippen LogP contribution in [-0.2, 0) is 4.79 Å². The largest absolute Gasteiger partial charge is 0.497 e. The van der Waals surface area contributed by atoms with E-state index in [0.717, 1.165) is 0 Å². The zero-order valence-corrected chi connectivity index (χ0v) is 16.3. The molecule has 8 heteroatoms. The second-order valence-electron chi connectivity index (χ2n) is 6.22. The van der Waals surface area contributed by atoms with E-state index in [2.05, 4.69) is 10.6 Å². The summed E-state index contributed by atoms with van der Waals surface area (Å²) in [6, 6.07) is 12.0. The lowest BCUT2D eigenvalue weighted by molar-refractivity contribution is -0.139. The van der Waals surface area contributed by atoms with Gasteiger partial charge in [-0.2, -0.15) is 0 Å². The maximum Gasteiger partial charge on any atom is 0.326 e. The van der Waals surface area contributed by atoms with E-state index in [1.54, 1.807) is 55.6 Å². The monoisotopic (exact) mass is 400 g/mol. The van der Waals surface area contributed by atoms with Gasteiger partial charge < -0.3 is 25.2 Å². The van der Waals surface area contributed by atoms with E-state index in [9.17, 15) is 19.5 Å². The summed E-state index contributed by atoms with van der Waals surface area (Å²) in [6.45, 7) is 0.285. The number of amides is 2. The SMILES string of the molecule is COc1ccc(C(=O)NCCC[C@H](NC(=O)c2ccc(OC)cc2)C(=O)O)cc1. The maximum atomic E-state index is 12.2. The smallest absolute Gasteiger partial charge is 0.326 e. The van der Waals surface area contributed by atoms with Gasteiger partial charge in [0.2, 0.25) is 0 Å². The number of nitrogens with one attached hydrogen (secondary N) is 2. The minimum Gasteiger partial charge on any atom is -0.497 e. The van der Waals surface area contributed by atoms with Gasteiger partial charge in [-0.05, 0) is 61.4 Å². The summed E-state index contributed by atoms with van der Waals surface area (Å²) in [6.07, 6.45) is 0.571. The van der Waals surface area contributed by atoms with E-state index in [1.165, 1.54) is 7.11 Å². The molecule has 0 radical (unpaired) electrons. The lowest BCUT2D eigenvalue weighted by Crippen LogP contribution is -2.41. The number of carbonyl (C=O) groups is 3. The molecule has 2 amide bonds. The van der Waals surface area contributed by atoms with Gasteiger partial charge in [0, 0.05) is 17.7 Å². The third kappa shape index (κ3) is 6.53. The second kappa shape index (κ2) is 10.7. The molecule has 0 heterocycles. The molecule has 0 fully saturated rings. The van der Waals surface area contributed by atoms with Crippen molar-refractivity contribution in [1.82, 2.24) is 10.6 Å². The average molecular weight is 400 g/mol. The van der Waals surface area contributed by atoms with Gasteiger partial charge in [0.1, 0.15) is 17.5 Å². The Balaban J connectivity index is 1.81. The van der Waals surface area contributed by atoms with E-state index in [4.69, 9.17) is 9.47 Å². The Kier molecular flexibility index (Phi) is 8.02. The van der Waals surface area contributed by atoms with Crippen molar-refractivity contribution in [1.29, 1.82) is 0 Å². The molecule has 3 N–H and O–H groups in total. The Bertz CT molecular complexity index is 833. The first-order chi connectivity index (χ1) is 13.9. The number of ether oxygens (including phenoxy) is 2. The maximum absolute atomic E-state index is 12.2. The lowest BCUT2D eigenvalue weighted by Gasteiger charge is -2.15. The summed E-state index contributed by atoms with van der Waals surface area (Å²) in [5, 5.41) is 14.6. The molecule has 154 valence electrons. The van der Waals surface area contributed by atoms with Crippen LogP contribution in [0.25, 0.3) is 0 Å². The molecule has 1 atom stereocenters. The molecule has 0 spiro atoms. The molecule has 0 aliphatic carbocycles. The highest BCUT2D eigenvalue weighted by atomic mass is 16.5. The highest BCUT2D eigenvalue weighted by molar-refractivity contribution is 5.96. The zero-order chi connectivity index (χ0) is 21.2. The van der Waals surface area contributed by atoms with Gasteiger partial charge in [-0.1, -0.05) is 0 Å². The average Bonchev–Trinajstić information content (AvgIpc) is 2.75. The summed E-state index contributed by atoms with van der Waals surface area (Å²) in [5.74, 6) is -0.625. The third-order valence-electron chi connectivity index (χ3n) is 4.26. The normalized spacial score (nSPS) is 11.2. The van der Waals surface area contributed by atoms with Gasteiger partial charge in [-0.3, -0.25) is 9.59 Å². The van der Waals surface area contributed by atoms with Gasteiger partial charge in [-0.15, -0.1) is 0 Å². The molecule has 0 aliphatic heterocycles. The third-order valence-corrected chi connectivity index (χ3v) is 4.26. The Hall–Kier alpha value is -3.55. The predicted molar refractivity (Wildman–Crippen MR) is 106 cm³/mol. The van der Waals surface area contributed by atoms with Crippen molar-refractivity contribution in [3.63, 3.8) is 0 Å². The number of methoxy groups -OCH3 is 2. The van der Waals surface area contributed by atoms with Gasteiger partial charge in [0.15, 0.2) is 0 Å². The summed E-state index contributed by atoms with van der Waals surface area (Å²) in [5.41, 5.74) is 0.818. The topological polar surface area (TPSA) is 114 Å². The second-order valence-corrected chi connectivity index (χ2v) is 6.22. The van der Waals surface area contributed by atoms with Crippen LogP contribution >= 0.6 is 0 Å². The van der Waals surface area contributed by atoms with Crippen molar-refractivity contribution >= 4 is 17.8 Å². The molecule has 0 saturated carbocycles. The van der Waals surface area contributed by atoms with E-state index in [1.807, 2.05) is 0 Å². The van der Waals surface area contributed by atoms with Crippen molar-refractivity contribution in [2.45, 2.75) is 18.9 Å². The fraction of sp³-hybridized carbons (Fsp3) is 0.286. The van der Waals surface area contributed by atoms with Gasteiger partial charge in [-0.25, -0.2) is 4.79 Å². The first kappa shape index (κ1) is 21.7. The molecule has 0 aromatic heterocycles. The van der Waals surface area contributed by atoms with Crippen molar-refractivity contribution in [2.75, 3.05) is 20.8 Å². The van der Waals surface area contributed by atoms with Crippen molar-refractivity contribution in [3.8, 4) is 11.5 Å². The number of hydrogen-bond donors (Lipinski definition) is 3. The molecule has 0 saturated heterocycles. The van der Waals surface area contributed by atoms with Crippen LogP contribution in [0, 0.1) is 0 Å². The molecule has 29 heavy (non-hydrogen) atoms. The number of aliphatic carboxylic acids is 1. The van der Waals surface area contributed by atoms with Crippen LogP contribution in [0.5, 0.6) is 11.5 Å². The Morgan fingerprint density at radius 2 is 1.34 bits per heavy atom. The Morgan fingerprint density at radius 1 is 0.862 bits per heavy atom. The standard InChI is InChI=1S/C21H24N2O6/c1-28-16-9-5-14(6-10-16)19(24)22-13-3-4-18(21(26)27)23-20(25)15-7-11-17(29-2)12-8-15/h5-12,18H,3-4,13H2,1-2H3,(H,22,24)(H,23,25)(H,26,27)/t18-/m0/s1. The summed E-state index contributed by atoms with van der Waals surface area (Å²) >= 11 is 0. The van der Waals surface area contributed by atoms with Crippen molar-refractivity contribution in [2.24, 2.45) is 0 Å². The quantitative estimate of drug-likeness (QED) is 0.526. The number of rotatable bonds is 10.